The molecule has 0 aliphatic carbocycles. The molecule has 168 valence electrons. The van der Waals surface area contributed by atoms with Gasteiger partial charge in [0.2, 0.25) is 0 Å². The van der Waals surface area contributed by atoms with Gasteiger partial charge in [-0.2, -0.15) is 0 Å². The first-order chi connectivity index (χ1) is 14.7. The molecule has 0 spiro atoms. The summed E-state index contributed by atoms with van der Waals surface area (Å²) in [6, 6.07) is 11.7. The number of rotatable bonds is 9. The zero-order valence-electron chi connectivity index (χ0n) is 19.5. The van der Waals surface area contributed by atoms with Crippen LogP contribution in [-0.4, -0.2) is 79.6 Å². The van der Waals surface area contributed by atoms with E-state index in [1.165, 1.54) is 50.8 Å². The number of unbranched alkanes of at least 4 members (excludes halogenated alkanes) is 1. The second-order valence-corrected chi connectivity index (χ2v) is 8.87. The van der Waals surface area contributed by atoms with Crippen molar-refractivity contribution in [1.29, 1.82) is 0 Å². The van der Waals surface area contributed by atoms with Crippen LogP contribution in [-0.2, 0) is 6.54 Å². The van der Waals surface area contributed by atoms with Gasteiger partial charge in [-0.3, -0.25) is 9.89 Å². The van der Waals surface area contributed by atoms with E-state index in [1.54, 1.807) is 0 Å². The summed E-state index contributed by atoms with van der Waals surface area (Å²) in [6.45, 7) is 13.7. The molecule has 0 radical (unpaired) electrons. The maximum Gasteiger partial charge on any atom is 0.193 e. The summed E-state index contributed by atoms with van der Waals surface area (Å²) < 4.78 is 0. The fourth-order valence-electron chi connectivity index (χ4n) is 5.25. The first-order valence-electron chi connectivity index (χ1n) is 12.2. The first kappa shape index (κ1) is 23.1. The maximum atomic E-state index is 4.61. The molecule has 2 aliphatic rings. The minimum atomic E-state index is 0.724. The standard InChI is InChI=1S/C25H43N5/c1-4-28(5-2)17-10-9-16-27-25(26-3)30-19-15-24-23(21-30)14-11-18-29(24)20-22-12-7-6-8-13-22/h6-8,12-13,23-24H,4-5,9-11,14-21H2,1-3H3,(H,26,27). The SMILES string of the molecule is CCN(CC)CCCCNC(=NC)N1CCC2C(CCCN2Cc2ccccc2)C1. The third-order valence-electron chi connectivity index (χ3n) is 7.00. The summed E-state index contributed by atoms with van der Waals surface area (Å²) in [5.74, 6) is 1.87. The highest BCUT2D eigenvalue weighted by Crippen LogP contribution is 2.31. The maximum absolute atomic E-state index is 4.61. The largest absolute Gasteiger partial charge is 0.356 e. The van der Waals surface area contributed by atoms with Crippen LogP contribution in [0, 0.1) is 5.92 Å². The Labute approximate surface area is 184 Å². The molecule has 5 nitrogen and oxygen atoms in total. The van der Waals surface area contributed by atoms with E-state index in [4.69, 9.17) is 0 Å². The number of likely N-dealkylation sites (tertiary alicyclic amines) is 2. The Hall–Kier alpha value is -1.59. The fraction of sp³-hybridized carbons (Fsp3) is 0.720. The monoisotopic (exact) mass is 413 g/mol. The van der Waals surface area contributed by atoms with E-state index in [1.807, 2.05) is 7.05 Å². The molecule has 0 aromatic heterocycles. The van der Waals surface area contributed by atoms with Crippen LogP contribution in [0.2, 0.25) is 0 Å². The van der Waals surface area contributed by atoms with Gasteiger partial charge < -0.3 is 15.1 Å². The Bertz CT molecular complexity index is 628. The van der Waals surface area contributed by atoms with Crippen LogP contribution < -0.4 is 5.32 Å². The zero-order chi connectivity index (χ0) is 21.2. The number of fused-ring (bicyclic) bond motifs is 1. The Morgan fingerprint density at radius 3 is 2.63 bits per heavy atom. The summed E-state index contributed by atoms with van der Waals surface area (Å²) in [5, 5.41) is 3.64. The van der Waals surface area contributed by atoms with Crippen molar-refractivity contribution < 1.29 is 0 Å². The number of aliphatic imine (C=N–C) groups is 1. The van der Waals surface area contributed by atoms with Crippen molar-refractivity contribution >= 4 is 5.96 Å². The number of guanidine groups is 1. The predicted octanol–water partition coefficient (Wildman–Crippen LogP) is 3.67. The molecule has 30 heavy (non-hydrogen) atoms. The molecule has 5 heteroatoms. The van der Waals surface area contributed by atoms with Crippen molar-refractivity contribution in [1.82, 2.24) is 20.0 Å². The third-order valence-corrected chi connectivity index (χ3v) is 7.00. The average Bonchev–Trinajstić information content (AvgIpc) is 2.79. The number of piperidine rings is 2. The lowest BCUT2D eigenvalue weighted by Gasteiger charge is -2.48. The minimum absolute atomic E-state index is 0.724. The van der Waals surface area contributed by atoms with Gasteiger partial charge in [0.25, 0.3) is 0 Å². The average molecular weight is 414 g/mol. The van der Waals surface area contributed by atoms with E-state index in [-0.39, 0.29) is 0 Å². The van der Waals surface area contributed by atoms with Crippen LogP contribution >= 0.6 is 0 Å². The van der Waals surface area contributed by atoms with E-state index in [0.29, 0.717) is 0 Å². The third kappa shape index (κ3) is 6.45. The number of hydrogen-bond acceptors (Lipinski definition) is 3. The molecular weight excluding hydrogens is 370 g/mol. The van der Waals surface area contributed by atoms with E-state index in [2.05, 4.69) is 69.2 Å². The summed E-state index contributed by atoms with van der Waals surface area (Å²) in [6.07, 6.45) is 6.39. The molecule has 2 saturated heterocycles. The molecule has 3 rings (SSSR count). The molecule has 2 fully saturated rings. The lowest BCUT2D eigenvalue weighted by atomic mass is 9.83. The van der Waals surface area contributed by atoms with Gasteiger partial charge >= 0.3 is 0 Å². The van der Waals surface area contributed by atoms with Gasteiger partial charge in [-0.1, -0.05) is 44.2 Å². The molecule has 2 heterocycles. The van der Waals surface area contributed by atoms with Crippen molar-refractivity contribution in [2.75, 3.05) is 52.9 Å². The highest BCUT2D eigenvalue weighted by molar-refractivity contribution is 5.80. The highest BCUT2D eigenvalue weighted by Gasteiger charge is 2.36. The minimum Gasteiger partial charge on any atom is -0.356 e. The fourth-order valence-corrected chi connectivity index (χ4v) is 5.25. The van der Waals surface area contributed by atoms with Gasteiger partial charge in [0.15, 0.2) is 5.96 Å². The number of benzene rings is 1. The normalized spacial score (nSPS) is 22.9. The number of hydrogen-bond donors (Lipinski definition) is 1. The molecule has 2 aliphatic heterocycles. The van der Waals surface area contributed by atoms with Crippen molar-refractivity contribution in [2.24, 2.45) is 10.9 Å². The summed E-state index contributed by atoms with van der Waals surface area (Å²) in [4.78, 5) is 12.4. The molecule has 1 aromatic carbocycles. The summed E-state index contributed by atoms with van der Waals surface area (Å²) in [5.41, 5.74) is 1.45. The second-order valence-electron chi connectivity index (χ2n) is 8.87. The number of nitrogens with one attached hydrogen (secondary N) is 1. The topological polar surface area (TPSA) is 34.1 Å². The van der Waals surface area contributed by atoms with E-state index < -0.39 is 0 Å². The van der Waals surface area contributed by atoms with Crippen LogP contribution in [0.15, 0.2) is 35.3 Å². The van der Waals surface area contributed by atoms with Crippen LogP contribution in [0.4, 0.5) is 0 Å². The van der Waals surface area contributed by atoms with Gasteiger partial charge in [-0.15, -0.1) is 0 Å². The van der Waals surface area contributed by atoms with Gasteiger partial charge in [-0.05, 0) is 69.8 Å². The van der Waals surface area contributed by atoms with Crippen molar-refractivity contribution in [2.45, 2.75) is 58.5 Å². The van der Waals surface area contributed by atoms with Crippen LogP contribution in [0.25, 0.3) is 0 Å². The van der Waals surface area contributed by atoms with Gasteiger partial charge in [0.1, 0.15) is 0 Å². The molecule has 0 bridgehead atoms. The van der Waals surface area contributed by atoms with Gasteiger partial charge in [-0.25, -0.2) is 0 Å². The Morgan fingerprint density at radius 1 is 1.10 bits per heavy atom. The second kappa shape index (κ2) is 12.3. The van der Waals surface area contributed by atoms with Crippen molar-refractivity contribution in [3.8, 4) is 0 Å². The van der Waals surface area contributed by atoms with Gasteiger partial charge in [0.05, 0.1) is 0 Å². The predicted molar refractivity (Wildman–Crippen MR) is 128 cm³/mol. The van der Waals surface area contributed by atoms with E-state index in [9.17, 15) is 0 Å². The van der Waals surface area contributed by atoms with Gasteiger partial charge in [0, 0.05) is 39.3 Å². The number of nitrogens with zero attached hydrogens (tertiary/aromatic N) is 4. The molecule has 1 aromatic rings. The van der Waals surface area contributed by atoms with Crippen molar-refractivity contribution in [3.05, 3.63) is 35.9 Å². The van der Waals surface area contributed by atoms with E-state index in [0.717, 1.165) is 57.2 Å². The Balaban J connectivity index is 1.45. The molecule has 0 amide bonds. The van der Waals surface area contributed by atoms with Crippen LogP contribution in [0.5, 0.6) is 0 Å². The first-order valence-corrected chi connectivity index (χ1v) is 12.2. The van der Waals surface area contributed by atoms with Crippen LogP contribution in [0.1, 0.15) is 51.5 Å². The summed E-state index contributed by atoms with van der Waals surface area (Å²) >= 11 is 0. The highest BCUT2D eigenvalue weighted by atomic mass is 15.3. The van der Waals surface area contributed by atoms with Crippen LogP contribution in [0.3, 0.4) is 0 Å². The molecule has 2 unspecified atom stereocenters. The Morgan fingerprint density at radius 2 is 1.90 bits per heavy atom. The quantitative estimate of drug-likeness (QED) is 0.380. The Kier molecular flexibility index (Phi) is 9.47. The molecule has 1 N–H and O–H groups in total. The smallest absolute Gasteiger partial charge is 0.193 e. The molecular formula is C25H43N5. The van der Waals surface area contributed by atoms with E-state index >= 15 is 0 Å². The van der Waals surface area contributed by atoms with Crippen molar-refractivity contribution in [3.63, 3.8) is 0 Å². The summed E-state index contributed by atoms with van der Waals surface area (Å²) in [7, 11) is 1.94. The molecule has 0 saturated carbocycles. The zero-order valence-corrected chi connectivity index (χ0v) is 19.5. The molecule has 2 atom stereocenters. The lowest BCUT2D eigenvalue weighted by molar-refractivity contribution is 0.0372. The lowest BCUT2D eigenvalue weighted by Crippen LogP contribution is -2.56.